The number of nitrogens with zero attached hydrogens (tertiary/aromatic N) is 1. The minimum absolute atomic E-state index is 0.310. The Hall–Kier alpha value is -0.760. The van der Waals surface area contributed by atoms with Crippen molar-refractivity contribution >= 4 is 0 Å². The molecule has 0 radical (unpaired) electrons. The zero-order valence-corrected chi connectivity index (χ0v) is 9.53. The molecule has 0 aliphatic heterocycles. The maximum atomic E-state index is 5.91. The number of rotatable bonds is 5. The van der Waals surface area contributed by atoms with Crippen LogP contribution < -0.4 is 5.73 Å². The molecule has 80 valence electrons. The summed E-state index contributed by atoms with van der Waals surface area (Å²) in [7, 11) is 0. The molecule has 0 aliphatic rings. The Morgan fingerprint density at radius 3 is 2.71 bits per heavy atom. The monoisotopic (exact) mass is 194 g/mol. The second kappa shape index (κ2) is 5.20. The summed E-state index contributed by atoms with van der Waals surface area (Å²) < 4.78 is 2.25. The lowest BCUT2D eigenvalue weighted by molar-refractivity contribution is 0.523. The second-order valence-corrected chi connectivity index (χ2v) is 4.48. The Balaban J connectivity index is 2.50. The summed E-state index contributed by atoms with van der Waals surface area (Å²) in [6.45, 7) is 7.70. The van der Waals surface area contributed by atoms with Crippen LogP contribution in [0, 0.1) is 5.92 Å². The molecule has 2 N–H and O–H groups in total. The van der Waals surface area contributed by atoms with Crippen LogP contribution in [0.2, 0.25) is 0 Å². The third kappa shape index (κ3) is 3.54. The molecule has 1 heterocycles. The predicted octanol–water partition coefficient (Wildman–Crippen LogP) is 2.42. The van der Waals surface area contributed by atoms with Gasteiger partial charge in [-0.1, -0.05) is 20.8 Å². The van der Waals surface area contributed by atoms with E-state index in [-0.39, 0.29) is 0 Å². The van der Waals surface area contributed by atoms with E-state index in [4.69, 9.17) is 5.73 Å². The van der Waals surface area contributed by atoms with Crippen LogP contribution in [0.3, 0.4) is 0 Å². The molecule has 0 bridgehead atoms. The van der Waals surface area contributed by atoms with E-state index in [9.17, 15) is 0 Å². The van der Waals surface area contributed by atoms with Gasteiger partial charge in [0.05, 0.1) is 0 Å². The molecule has 1 unspecified atom stereocenters. The maximum Gasteiger partial charge on any atom is 0.0242 e. The Bertz CT molecular complexity index is 263. The number of nitrogens with two attached hydrogens (primary N) is 1. The molecule has 0 spiro atoms. The third-order valence-corrected chi connectivity index (χ3v) is 2.41. The zero-order valence-electron chi connectivity index (χ0n) is 9.53. The van der Waals surface area contributed by atoms with Crippen molar-refractivity contribution in [3.63, 3.8) is 0 Å². The Kier molecular flexibility index (Phi) is 4.21. The lowest BCUT2D eigenvalue weighted by atomic mass is 10.1. The van der Waals surface area contributed by atoms with Gasteiger partial charge in [0.1, 0.15) is 0 Å². The van der Waals surface area contributed by atoms with E-state index < -0.39 is 0 Å². The van der Waals surface area contributed by atoms with Crippen LogP contribution in [0.15, 0.2) is 18.5 Å². The molecule has 0 aromatic carbocycles. The predicted molar refractivity (Wildman–Crippen MR) is 61.2 cm³/mol. The molecule has 1 aromatic rings. The minimum Gasteiger partial charge on any atom is -0.354 e. The number of aromatic nitrogens is 1. The highest BCUT2D eigenvalue weighted by Gasteiger charge is 2.03. The summed E-state index contributed by atoms with van der Waals surface area (Å²) in [5, 5.41) is 0. The number of hydrogen-bond donors (Lipinski definition) is 1. The van der Waals surface area contributed by atoms with E-state index in [1.165, 1.54) is 5.56 Å². The molecular formula is C12H22N2. The average Bonchev–Trinajstić information content (AvgIpc) is 2.51. The second-order valence-electron chi connectivity index (χ2n) is 4.48. The summed E-state index contributed by atoms with van der Waals surface area (Å²) in [6.07, 6.45) is 6.42. The molecule has 1 aromatic heterocycles. The van der Waals surface area contributed by atoms with Gasteiger partial charge in [0, 0.05) is 25.0 Å². The molecule has 2 heteroatoms. The van der Waals surface area contributed by atoms with Crippen molar-refractivity contribution in [3.05, 3.63) is 24.0 Å². The SMILES string of the molecule is CCC(N)Cc1ccn(CC(C)C)c1. The largest absolute Gasteiger partial charge is 0.354 e. The first kappa shape index (κ1) is 11.3. The molecule has 0 amide bonds. The van der Waals surface area contributed by atoms with Crippen LogP contribution in [-0.4, -0.2) is 10.6 Å². The molecule has 2 nitrogen and oxygen atoms in total. The van der Waals surface area contributed by atoms with Gasteiger partial charge >= 0.3 is 0 Å². The normalized spacial score (nSPS) is 13.5. The van der Waals surface area contributed by atoms with E-state index in [0.717, 1.165) is 19.4 Å². The highest BCUT2D eigenvalue weighted by molar-refractivity contribution is 5.11. The van der Waals surface area contributed by atoms with Crippen molar-refractivity contribution < 1.29 is 0 Å². The van der Waals surface area contributed by atoms with Crippen molar-refractivity contribution in [2.45, 2.75) is 46.2 Å². The Morgan fingerprint density at radius 2 is 2.14 bits per heavy atom. The molecular weight excluding hydrogens is 172 g/mol. The van der Waals surface area contributed by atoms with Gasteiger partial charge in [-0.2, -0.15) is 0 Å². The van der Waals surface area contributed by atoms with Crippen LogP contribution in [0.5, 0.6) is 0 Å². The van der Waals surface area contributed by atoms with Gasteiger partial charge in [0.25, 0.3) is 0 Å². The quantitative estimate of drug-likeness (QED) is 0.766. The minimum atomic E-state index is 0.310. The van der Waals surface area contributed by atoms with Crippen molar-refractivity contribution in [2.24, 2.45) is 11.7 Å². The van der Waals surface area contributed by atoms with E-state index in [0.29, 0.717) is 12.0 Å². The van der Waals surface area contributed by atoms with Crippen molar-refractivity contribution in [1.29, 1.82) is 0 Å². The molecule has 0 saturated carbocycles. The highest BCUT2D eigenvalue weighted by atomic mass is 14.9. The Labute approximate surface area is 87.1 Å². The highest BCUT2D eigenvalue weighted by Crippen LogP contribution is 2.07. The van der Waals surface area contributed by atoms with Crippen LogP contribution in [0.1, 0.15) is 32.8 Å². The van der Waals surface area contributed by atoms with E-state index >= 15 is 0 Å². The topological polar surface area (TPSA) is 30.9 Å². The first-order valence-corrected chi connectivity index (χ1v) is 5.52. The van der Waals surface area contributed by atoms with Gasteiger partial charge in [-0.15, -0.1) is 0 Å². The van der Waals surface area contributed by atoms with E-state index in [1.807, 2.05) is 0 Å². The first-order valence-electron chi connectivity index (χ1n) is 5.52. The van der Waals surface area contributed by atoms with Crippen LogP contribution in [0.25, 0.3) is 0 Å². The van der Waals surface area contributed by atoms with Crippen molar-refractivity contribution in [1.82, 2.24) is 4.57 Å². The standard InChI is InChI=1S/C12H22N2/c1-4-12(13)7-11-5-6-14(9-11)8-10(2)3/h5-6,9-10,12H,4,7-8,13H2,1-3H3. The van der Waals surface area contributed by atoms with Crippen molar-refractivity contribution in [3.8, 4) is 0 Å². The molecule has 0 aliphatic carbocycles. The molecule has 0 saturated heterocycles. The first-order chi connectivity index (χ1) is 6.61. The molecule has 14 heavy (non-hydrogen) atoms. The fraction of sp³-hybridized carbons (Fsp3) is 0.667. The average molecular weight is 194 g/mol. The fourth-order valence-electron chi connectivity index (χ4n) is 1.59. The van der Waals surface area contributed by atoms with E-state index in [2.05, 4.69) is 43.8 Å². The van der Waals surface area contributed by atoms with Gasteiger partial charge in [-0.25, -0.2) is 0 Å². The maximum absolute atomic E-state index is 5.91. The number of hydrogen-bond acceptors (Lipinski definition) is 1. The van der Waals surface area contributed by atoms with Crippen molar-refractivity contribution in [2.75, 3.05) is 0 Å². The zero-order chi connectivity index (χ0) is 10.6. The lowest BCUT2D eigenvalue weighted by Crippen LogP contribution is -2.21. The summed E-state index contributed by atoms with van der Waals surface area (Å²) in [4.78, 5) is 0. The summed E-state index contributed by atoms with van der Waals surface area (Å²) in [6, 6.07) is 2.49. The van der Waals surface area contributed by atoms with Crippen LogP contribution >= 0.6 is 0 Å². The third-order valence-electron chi connectivity index (χ3n) is 2.41. The van der Waals surface area contributed by atoms with Gasteiger partial charge in [0.15, 0.2) is 0 Å². The summed E-state index contributed by atoms with van der Waals surface area (Å²) in [5.74, 6) is 0.704. The molecule has 1 atom stereocenters. The van der Waals surface area contributed by atoms with Gasteiger partial charge in [-0.05, 0) is 30.4 Å². The van der Waals surface area contributed by atoms with Gasteiger partial charge < -0.3 is 10.3 Å². The smallest absolute Gasteiger partial charge is 0.0242 e. The fourth-order valence-corrected chi connectivity index (χ4v) is 1.59. The van der Waals surface area contributed by atoms with E-state index in [1.54, 1.807) is 0 Å². The van der Waals surface area contributed by atoms with Crippen LogP contribution in [0.4, 0.5) is 0 Å². The van der Waals surface area contributed by atoms with Crippen LogP contribution in [-0.2, 0) is 13.0 Å². The van der Waals surface area contributed by atoms with Gasteiger partial charge in [0.2, 0.25) is 0 Å². The Morgan fingerprint density at radius 1 is 1.43 bits per heavy atom. The summed E-state index contributed by atoms with van der Waals surface area (Å²) in [5.41, 5.74) is 7.27. The molecule has 1 rings (SSSR count). The summed E-state index contributed by atoms with van der Waals surface area (Å²) >= 11 is 0. The lowest BCUT2D eigenvalue weighted by Gasteiger charge is -2.07. The van der Waals surface area contributed by atoms with Gasteiger partial charge in [-0.3, -0.25) is 0 Å². The molecule has 0 fully saturated rings.